The highest BCUT2D eigenvalue weighted by molar-refractivity contribution is 6.00. The van der Waals surface area contributed by atoms with Crippen molar-refractivity contribution in [1.82, 2.24) is 15.4 Å². The number of nitrogens with one attached hydrogen (secondary N) is 2. The number of aromatic nitrogens is 2. The van der Waals surface area contributed by atoms with Gasteiger partial charge in [0.2, 0.25) is 0 Å². The third kappa shape index (κ3) is 5.81. The first-order valence-corrected chi connectivity index (χ1v) is 11.4. The van der Waals surface area contributed by atoms with Crippen molar-refractivity contribution in [3.05, 3.63) is 83.7 Å². The summed E-state index contributed by atoms with van der Waals surface area (Å²) in [5, 5.41) is 4.42. The first kappa shape index (κ1) is 23.0. The molecular formula is C27H29N5O2. The Labute approximate surface area is 199 Å². The van der Waals surface area contributed by atoms with E-state index in [0.717, 1.165) is 40.9 Å². The fourth-order valence-corrected chi connectivity index (χ4v) is 3.32. The zero-order valence-electron chi connectivity index (χ0n) is 19.7. The van der Waals surface area contributed by atoms with Crippen LogP contribution in [0.1, 0.15) is 36.7 Å². The molecule has 0 aliphatic heterocycles. The second kappa shape index (κ2) is 11.1. The summed E-state index contributed by atoms with van der Waals surface area (Å²) in [6.07, 6.45) is 3.79. The molecule has 0 unspecified atom stereocenters. The molecule has 0 radical (unpaired) electrons. The van der Waals surface area contributed by atoms with Gasteiger partial charge in [-0.1, -0.05) is 43.2 Å². The average Bonchev–Trinajstić information content (AvgIpc) is 3.30. The molecule has 0 amide bonds. The number of para-hydroxylation sites is 2. The van der Waals surface area contributed by atoms with Crippen molar-refractivity contribution >= 4 is 28.8 Å². The topological polar surface area (TPSA) is 83.9 Å². The van der Waals surface area contributed by atoms with E-state index in [1.165, 1.54) is 5.56 Å². The number of hydrogen-bond donors (Lipinski definition) is 2. The molecule has 0 saturated carbocycles. The monoisotopic (exact) mass is 455 g/mol. The van der Waals surface area contributed by atoms with Gasteiger partial charge in [0.15, 0.2) is 23.2 Å². The molecule has 4 aromatic rings. The number of hydrogen-bond acceptors (Lipinski definition) is 5. The summed E-state index contributed by atoms with van der Waals surface area (Å²) in [5.41, 5.74) is 7.70. The van der Waals surface area contributed by atoms with Crippen LogP contribution in [0.25, 0.3) is 11.0 Å². The summed E-state index contributed by atoms with van der Waals surface area (Å²) >= 11 is 0. The van der Waals surface area contributed by atoms with Crippen molar-refractivity contribution < 1.29 is 9.47 Å². The molecule has 0 bridgehead atoms. The Morgan fingerprint density at radius 3 is 2.65 bits per heavy atom. The van der Waals surface area contributed by atoms with E-state index >= 15 is 0 Å². The Morgan fingerprint density at radius 1 is 1.06 bits per heavy atom. The van der Waals surface area contributed by atoms with E-state index in [4.69, 9.17) is 14.5 Å². The molecule has 0 spiro atoms. The Balaban J connectivity index is 1.57. The van der Waals surface area contributed by atoms with Crippen molar-refractivity contribution in [2.45, 2.75) is 26.7 Å². The smallest absolute Gasteiger partial charge is 0.190 e. The van der Waals surface area contributed by atoms with Crippen LogP contribution in [0.15, 0.2) is 76.8 Å². The largest absolute Gasteiger partial charge is 0.493 e. The summed E-state index contributed by atoms with van der Waals surface area (Å²) in [6, 6.07) is 21.6. The first-order valence-electron chi connectivity index (χ1n) is 11.4. The quantitative estimate of drug-likeness (QED) is 0.145. The molecule has 0 aliphatic carbocycles. The summed E-state index contributed by atoms with van der Waals surface area (Å²) in [4.78, 5) is 12.7. The molecule has 0 atom stereocenters. The molecule has 3 aromatic carbocycles. The van der Waals surface area contributed by atoms with Crippen LogP contribution in [0.3, 0.4) is 0 Å². The zero-order valence-corrected chi connectivity index (χ0v) is 19.7. The Kier molecular flexibility index (Phi) is 7.55. The minimum absolute atomic E-state index is 0.516. The van der Waals surface area contributed by atoms with Crippen molar-refractivity contribution in [2.24, 2.45) is 10.1 Å². The number of aliphatic imine (C=N–C) groups is 1. The molecule has 2 N–H and O–H groups in total. The maximum absolute atomic E-state index is 5.81. The van der Waals surface area contributed by atoms with Crippen LogP contribution < -0.4 is 14.9 Å². The van der Waals surface area contributed by atoms with Crippen molar-refractivity contribution in [3.8, 4) is 11.5 Å². The van der Waals surface area contributed by atoms with Crippen LogP contribution >= 0.6 is 0 Å². The van der Waals surface area contributed by atoms with E-state index in [1.807, 2.05) is 73.7 Å². The fraction of sp³-hybridized carbons (Fsp3) is 0.222. The molecule has 174 valence electrons. The highest BCUT2D eigenvalue weighted by Crippen LogP contribution is 2.27. The van der Waals surface area contributed by atoms with E-state index in [1.54, 1.807) is 13.3 Å². The van der Waals surface area contributed by atoms with Crippen LogP contribution in [0.2, 0.25) is 0 Å². The number of H-pyrrole nitrogens is 1. The number of nitrogens with zero attached hydrogens (tertiary/aromatic N) is 3. The summed E-state index contributed by atoms with van der Waals surface area (Å²) in [6.45, 7) is 4.84. The van der Waals surface area contributed by atoms with Gasteiger partial charge in [0.25, 0.3) is 0 Å². The maximum atomic E-state index is 5.81. The van der Waals surface area contributed by atoms with Crippen LogP contribution in [-0.2, 0) is 0 Å². The summed E-state index contributed by atoms with van der Waals surface area (Å²) < 4.78 is 11.3. The number of methoxy groups -OCH3 is 1. The number of benzene rings is 3. The van der Waals surface area contributed by atoms with E-state index in [0.29, 0.717) is 24.0 Å². The van der Waals surface area contributed by atoms with E-state index in [-0.39, 0.29) is 0 Å². The van der Waals surface area contributed by atoms with Gasteiger partial charge in [0.05, 0.1) is 36.7 Å². The molecule has 4 rings (SSSR count). The number of fused-ring (bicyclic) bond motifs is 1. The van der Waals surface area contributed by atoms with E-state index in [2.05, 4.69) is 27.4 Å². The molecule has 1 aromatic heterocycles. The number of ether oxygens (including phenoxy) is 2. The lowest BCUT2D eigenvalue weighted by Crippen LogP contribution is -2.20. The highest BCUT2D eigenvalue weighted by atomic mass is 16.5. The van der Waals surface area contributed by atoms with Gasteiger partial charge in [-0.05, 0) is 61.4 Å². The SMILES string of the molecule is CCCCOc1ccc(C=NNC(=Nc2ccc(C)cc2)c2nc3ccccc3[nH]2)cc1OC. The number of imidazole rings is 1. The predicted octanol–water partition coefficient (Wildman–Crippen LogP) is 5.76. The van der Waals surface area contributed by atoms with Gasteiger partial charge in [0, 0.05) is 0 Å². The Hall–Kier alpha value is -4.13. The number of aryl methyl sites for hydroxylation is 1. The van der Waals surface area contributed by atoms with Crippen LogP contribution in [0, 0.1) is 6.92 Å². The van der Waals surface area contributed by atoms with Crippen LogP contribution in [0.4, 0.5) is 5.69 Å². The van der Waals surface area contributed by atoms with Gasteiger partial charge in [-0.15, -0.1) is 0 Å². The molecule has 0 aliphatic rings. The lowest BCUT2D eigenvalue weighted by molar-refractivity contribution is 0.288. The van der Waals surface area contributed by atoms with Crippen LogP contribution in [0.5, 0.6) is 11.5 Å². The van der Waals surface area contributed by atoms with Crippen LogP contribution in [-0.4, -0.2) is 35.7 Å². The maximum Gasteiger partial charge on any atom is 0.190 e. The lowest BCUT2D eigenvalue weighted by Gasteiger charge is -2.10. The van der Waals surface area contributed by atoms with Crippen molar-refractivity contribution in [1.29, 1.82) is 0 Å². The second-order valence-electron chi connectivity index (χ2n) is 7.88. The number of rotatable bonds is 9. The normalized spacial score (nSPS) is 11.8. The molecule has 0 saturated heterocycles. The van der Waals surface area contributed by atoms with Gasteiger partial charge in [-0.25, -0.2) is 9.98 Å². The van der Waals surface area contributed by atoms with Gasteiger partial charge >= 0.3 is 0 Å². The van der Waals surface area contributed by atoms with E-state index in [9.17, 15) is 0 Å². The minimum atomic E-state index is 0.516. The third-order valence-electron chi connectivity index (χ3n) is 5.22. The van der Waals surface area contributed by atoms with E-state index < -0.39 is 0 Å². The molecule has 1 heterocycles. The molecule has 7 nitrogen and oxygen atoms in total. The molecular weight excluding hydrogens is 426 g/mol. The minimum Gasteiger partial charge on any atom is -0.493 e. The molecule has 34 heavy (non-hydrogen) atoms. The van der Waals surface area contributed by atoms with Gasteiger partial charge in [-0.2, -0.15) is 5.10 Å². The number of unbranched alkanes of at least 4 members (excludes halogenated alkanes) is 1. The summed E-state index contributed by atoms with van der Waals surface area (Å²) in [7, 11) is 1.63. The molecule has 0 fully saturated rings. The fourth-order valence-electron chi connectivity index (χ4n) is 3.32. The third-order valence-corrected chi connectivity index (χ3v) is 5.22. The first-order chi connectivity index (χ1) is 16.7. The van der Waals surface area contributed by atoms with Crippen molar-refractivity contribution in [3.63, 3.8) is 0 Å². The van der Waals surface area contributed by atoms with Gasteiger partial charge < -0.3 is 14.5 Å². The number of hydrazone groups is 1. The Morgan fingerprint density at radius 2 is 1.88 bits per heavy atom. The summed E-state index contributed by atoms with van der Waals surface area (Å²) in [5.74, 6) is 2.52. The number of amidine groups is 1. The number of aromatic amines is 1. The predicted molar refractivity (Wildman–Crippen MR) is 138 cm³/mol. The second-order valence-corrected chi connectivity index (χ2v) is 7.88. The standard InChI is InChI=1S/C27H29N5O2/c1-4-5-16-34-24-15-12-20(17-25(24)33-3)18-28-32-27(29-21-13-10-19(2)11-14-21)26-30-22-8-6-7-9-23(22)31-26/h6-15,17-18H,4-5,16H2,1-3H3,(H,29,32)(H,30,31). The lowest BCUT2D eigenvalue weighted by atomic mass is 10.2. The Bertz CT molecular complexity index is 1260. The zero-order chi connectivity index (χ0) is 23.8. The van der Waals surface area contributed by atoms with Gasteiger partial charge in [0.1, 0.15) is 0 Å². The van der Waals surface area contributed by atoms with Gasteiger partial charge in [-0.3, -0.25) is 5.43 Å². The highest BCUT2D eigenvalue weighted by Gasteiger charge is 2.10. The van der Waals surface area contributed by atoms with Crippen molar-refractivity contribution in [2.75, 3.05) is 13.7 Å². The molecule has 7 heteroatoms. The average molecular weight is 456 g/mol.